The third-order valence-corrected chi connectivity index (χ3v) is 3.76. The van der Waals surface area contributed by atoms with E-state index in [0.717, 1.165) is 15.3 Å². The van der Waals surface area contributed by atoms with Gasteiger partial charge in [0.15, 0.2) is 0 Å². The second kappa shape index (κ2) is 5.68. The molecule has 1 N–H and O–H groups in total. The molecule has 3 heterocycles. The number of benzene rings is 1. The van der Waals surface area contributed by atoms with Crippen molar-refractivity contribution in [3.63, 3.8) is 0 Å². The lowest BCUT2D eigenvalue weighted by molar-refractivity contribution is -0.385. The van der Waals surface area contributed by atoms with E-state index in [0.29, 0.717) is 11.3 Å². The van der Waals surface area contributed by atoms with E-state index in [1.165, 1.54) is 6.20 Å². The van der Waals surface area contributed by atoms with Gasteiger partial charge in [-0.3, -0.25) is 24.3 Å². The summed E-state index contributed by atoms with van der Waals surface area (Å²) in [5.41, 5.74) is 0.364. The molecule has 0 saturated heterocycles. The highest BCUT2D eigenvalue weighted by atomic mass is 16.6. The lowest BCUT2D eigenvalue weighted by Crippen LogP contribution is -2.20. The molecule has 3 aromatic heterocycles. The molecule has 0 spiro atoms. The molecule has 8 heteroatoms. The number of nitrogens with one attached hydrogen (secondary N) is 1. The highest BCUT2D eigenvalue weighted by molar-refractivity contribution is 5.83. The Balaban J connectivity index is 1.88. The summed E-state index contributed by atoms with van der Waals surface area (Å²) in [6.07, 6.45) is 3.13. The van der Waals surface area contributed by atoms with Gasteiger partial charge >= 0.3 is 11.2 Å². The lowest BCUT2D eigenvalue weighted by atomic mass is 10.2. The molecule has 0 bridgehead atoms. The van der Waals surface area contributed by atoms with Crippen molar-refractivity contribution in [2.75, 3.05) is 5.32 Å². The summed E-state index contributed by atoms with van der Waals surface area (Å²) in [4.78, 5) is 31.5. The number of pyridine rings is 2. The van der Waals surface area contributed by atoms with Gasteiger partial charge in [0.05, 0.1) is 10.4 Å². The van der Waals surface area contributed by atoms with Gasteiger partial charge in [0.1, 0.15) is 5.65 Å². The zero-order chi connectivity index (χ0) is 17.4. The number of hydrogen-bond donors (Lipinski definition) is 1. The second-order valence-electron chi connectivity index (χ2n) is 5.34. The Bertz CT molecular complexity index is 1190. The third kappa shape index (κ3) is 2.55. The second-order valence-corrected chi connectivity index (χ2v) is 5.34. The fourth-order valence-electron chi connectivity index (χ4n) is 2.62. The van der Waals surface area contributed by atoms with Gasteiger partial charge in [0, 0.05) is 23.5 Å². The number of fused-ring (bicyclic) bond motifs is 2. The number of anilines is 2. The fourth-order valence-corrected chi connectivity index (χ4v) is 2.62. The van der Waals surface area contributed by atoms with Crippen molar-refractivity contribution in [1.82, 2.24) is 14.4 Å². The Kier molecular flexibility index (Phi) is 3.35. The van der Waals surface area contributed by atoms with Gasteiger partial charge in [-0.2, -0.15) is 0 Å². The van der Waals surface area contributed by atoms with Gasteiger partial charge in [0.25, 0.3) is 0 Å². The molecule has 0 fully saturated rings. The van der Waals surface area contributed by atoms with Gasteiger partial charge in [-0.1, -0.05) is 12.1 Å². The Morgan fingerprint density at radius 1 is 1.12 bits per heavy atom. The molecule has 4 aromatic rings. The van der Waals surface area contributed by atoms with Crippen LogP contribution in [0.4, 0.5) is 17.2 Å². The molecule has 4 rings (SSSR count). The van der Waals surface area contributed by atoms with Gasteiger partial charge < -0.3 is 5.32 Å². The van der Waals surface area contributed by atoms with Crippen LogP contribution in [0, 0.1) is 10.1 Å². The van der Waals surface area contributed by atoms with Crippen LogP contribution in [0.3, 0.4) is 0 Å². The van der Waals surface area contributed by atoms with Crippen LogP contribution in [0.2, 0.25) is 0 Å². The predicted octanol–water partition coefficient (Wildman–Crippen LogP) is 2.89. The van der Waals surface area contributed by atoms with Crippen LogP contribution in [0.5, 0.6) is 0 Å². The molecule has 0 radical (unpaired) electrons. The van der Waals surface area contributed by atoms with E-state index >= 15 is 0 Å². The summed E-state index contributed by atoms with van der Waals surface area (Å²) in [5.74, 6) is -0.0931. The van der Waals surface area contributed by atoms with Crippen molar-refractivity contribution in [3.8, 4) is 0 Å². The first-order valence-electron chi connectivity index (χ1n) is 7.41. The first-order valence-corrected chi connectivity index (χ1v) is 7.41. The van der Waals surface area contributed by atoms with E-state index in [-0.39, 0.29) is 5.82 Å². The molecular weight excluding hydrogens is 322 g/mol. The van der Waals surface area contributed by atoms with Crippen molar-refractivity contribution in [3.05, 3.63) is 81.4 Å². The zero-order valence-corrected chi connectivity index (χ0v) is 12.8. The van der Waals surface area contributed by atoms with Crippen LogP contribution in [0.15, 0.2) is 65.7 Å². The van der Waals surface area contributed by atoms with E-state index in [9.17, 15) is 14.9 Å². The van der Waals surface area contributed by atoms with Gasteiger partial charge in [-0.15, -0.1) is 0 Å². The van der Waals surface area contributed by atoms with Crippen LogP contribution in [0.1, 0.15) is 0 Å². The highest BCUT2D eigenvalue weighted by Gasteiger charge is 2.23. The summed E-state index contributed by atoms with van der Waals surface area (Å²) in [5, 5.41) is 15.1. The fraction of sp³-hybridized carbons (Fsp3) is 0. The summed E-state index contributed by atoms with van der Waals surface area (Å²) < 4.78 is 1.15. The number of nitro groups is 1. The van der Waals surface area contributed by atoms with Crippen LogP contribution in [-0.2, 0) is 0 Å². The molecule has 0 aliphatic rings. The van der Waals surface area contributed by atoms with Gasteiger partial charge in [-0.25, -0.2) is 4.98 Å². The van der Waals surface area contributed by atoms with Crippen molar-refractivity contribution in [1.29, 1.82) is 0 Å². The molecule has 0 amide bonds. The number of hydrogen-bond acceptors (Lipinski definition) is 6. The van der Waals surface area contributed by atoms with Crippen LogP contribution < -0.4 is 10.9 Å². The third-order valence-electron chi connectivity index (χ3n) is 3.76. The lowest BCUT2D eigenvalue weighted by Gasteiger charge is -2.08. The first-order chi connectivity index (χ1) is 12.1. The SMILES string of the molecule is O=c1c([N+](=O)[O-])c(Nc2ccc3ncccc3c2)nc2ccccn12. The maximum absolute atomic E-state index is 12.4. The normalized spacial score (nSPS) is 10.9. The molecule has 0 aliphatic heterocycles. The molecule has 8 nitrogen and oxygen atoms in total. The van der Waals surface area contributed by atoms with Crippen LogP contribution >= 0.6 is 0 Å². The minimum Gasteiger partial charge on any atom is -0.334 e. The van der Waals surface area contributed by atoms with Crippen LogP contribution in [0.25, 0.3) is 16.6 Å². The maximum atomic E-state index is 12.4. The monoisotopic (exact) mass is 333 g/mol. The summed E-state index contributed by atoms with van der Waals surface area (Å²) >= 11 is 0. The van der Waals surface area contributed by atoms with E-state index in [4.69, 9.17) is 0 Å². The Morgan fingerprint density at radius 3 is 2.84 bits per heavy atom. The van der Waals surface area contributed by atoms with E-state index in [1.807, 2.05) is 6.07 Å². The number of rotatable bonds is 3. The topological polar surface area (TPSA) is 102 Å². The Morgan fingerprint density at radius 2 is 2.00 bits per heavy atom. The Hall–Kier alpha value is -3.81. The van der Waals surface area contributed by atoms with Gasteiger partial charge in [0.2, 0.25) is 5.82 Å². The maximum Gasteiger partial charge on any atom is 0.376 e. The van der Waals surface area contributed by atoms with E-state index in [2.05, 4.69) is 15.3 Å². The number of nitrogens with zero attached hydrogens (tertiary/aromatic N) is 4. The minimum atomic E-state index is -0.736. The smallest absolute Gasteiger partial charge is 0.334 e. The molecule has 122 valence electrons. The molecule has 0 aliphatic carbocycles. The van der Waals surface area contributed by atoms with Crippen molar-refractivity contribution in [2.45, 2.75) is 0 Å². The average molecular weight is 333 g/mol. The summed E-state index contributed by atoms with van der Waals surface area (Å²) in [7, 11) is 0. The highest BCUT2D eigenvalue weighted by Crippen LogP contribution is 2.25. The quantitative estimate of drug-likeness (QED) is 0.457. The molecule has 25 heavy (non-hydrogen) atoms. The van der Waals surface area contributed by atoms with Crippen LogP contribution in [-0.4, -0.2) is 19.3 Å². The standard InChI is InChI=1S/C17H11N5O3/c23-17-15(22(24)25)16(20-14-5-1-2-9-21(14)17)19-12-6-7-13-11(10-12)4-3-8-18-13/h1-10,19H. The molecule has 1 aromatic carbocycles. The zero-order valence-electron chi connectivity index (χ0n) is 12.8. The Labute approximate surface area is 140 Å². The number of aromatic nitrogens is 3. The van der Waals surface area contributed by atoms with Crippen molar-refractivity contribution < 1.29 is 4.92 Å². The predicted molar refractivity (Wildman–Crippen MR) is 93.1 cm³/mol. The van der Waals surface area contributed by atoms with E-state index < -0.39 is 16.2 Å². The van der Waals surface area contributed by atoms with Gasteiger partial charge in [-0.05, 0) is 36.4 Å². The van der Waals surface area contributed by atoms with E-state index in [1.54, 1.807) is 48.7 Å². The van der Waals surface area contributed by atoms with Crippen molar-refractivity contribution >= 4 is 33.7 Å². The minimum absolute atomic E-state index is 0.0931. The molecule has 0 unspecified atom stereocenters. The van der Waals surface area contributed by atoms with Crippen molar-refractivity contribution in [2.24, 2.45) is 0 Å². The summed E-state index contributed by atoms with van der Waals surface area (Å²) in [6.45, 7) is 0. The molecule has 0 saturated carbocycles. The summed E-state index contributed by atoms with van der Waals surface area (Å²) in [6, 6.07) is 13.9. The first kappa shape index (κ1) is 14.8. The average Bonchev–Trinajstić information content (AvgIpc) is 2.61. The largest absolute Gasteiger partial charge is 0.376 e. The molecule has 0 atom stereocenters. The molecular formula is C17H11N5O3.